The second-order valence-electron chi connectivity index (χ2n) is 8.87. The number of para-hydroxylation sites is 2. The van der Waals surface area contributed by atoms with Gasteiger partial charge in [0.2, 0.25) is 5.91 Å². The molecule has 4 rings (SSSR count). The Morgan fingerprint density at radius 2 is 1.67 bits per heavy atom. The molecule has 0 saturated carbocycles. The quantitative estimate of drug-likeness (QED) is 0.559. The average molecular weight is 498 g/mol. The molecule has 0 spiro atoms. The molecule has 2 aromatic carbocycles. The first-order valence-electron chi connectivity index (χ1n) is 11.5. The summed E-state index contributed by atoms with van der Waals surface area (Å²) in [6.45, 7) is 4.15. The minimum Gasteiger partial charge on any atom is -0.338 e. The Morgan fingerprint density at radius 1 is 1.00 bits per heavy atom. The number of carbonyl (C=O) groups excluding carboxylic acids is 3. The number of rotatable bonds is 5. The fourth-order valence-corrected chi connectivity index (χ4v) is 4.07. The van der Waals surface area contributed by atoms with Crippen molar-refractivity contribution >= 4 is 28.8 Å². The number of piperazine rings is 1. The molecule has 1 fully saturated rings. The van der Waals surface area contributed by atoms with Crippen molar-refractivity contribution in [1.29, 1.82) is 0 Å². The summed E-state index contributed by atoms with van der Waals surface area (Å²) in [5.74, 6) is -3.74. The fraction of sp³-hybridized carbons (Fsp3) is 0.320. The van der Waals surface area contributed by atoms with Crippen molar-refractivity contribution in [2.24, 2.45) is 5.92 Å². The average Bonchev–Trinajstić information content (AvgIpc) is 2.86. The fourth-order valence-electron chi connectivity index (χ4n) is 4.07. The van der Waals surface area contributed by atoms with Crippen LogP contribution in [0.2, 0.25) is 0 Å². The van der Waals surface area contributed by atoms with Gasteiger partial charge in [-0.2, -0.15) is 0 Å². The summed E-state index contributed by atoms with van der Waals surface area (Å²) in [6.07, 6.45) is 0. The van der Waals surface area contributed by atoms with Gasteiger partial charge in [-0.25, -0.2) is 13.8 Å². The molecule has 3 aromatic rings. The van der Waals surface area contributed by atoms with E-state index in [0.29, 0.717) is 17.1 Å². The Morgan fingerprint density at radius 3 is 2.33 bits per heavy atom. The molecule has 0 bridgehead atoms. The molecule has 11 heteroatoms. The Bertz CT molecular complexity index is 1380. The number of hydrogen-bond acceptors (Lipinski definition) is 5. The maximum Gasteiger partial charge on any atom is 0.280 e. The van der Waals surface area contributed by atoms with E-state index in [2.05, 4.69) is 15.3 Å². The van der Waals surface area contributed by atoms with Crippen LogP contribution in [0.15, 0.2) is 47.3 Å². The van der Waals surface area contributed by atoms with E-state index in [4.69, 9.17) is 0 Å². The molecule has 188 valence electrons. The van der Waals surface area contributed by atoms with Gasteiger partial charge in [0, 0.05) is 32.2 Å². The molecular weight excluding hydrogens is 472 g/mol. The highest BCUT2D eigenvalue weighted by Gasteiger charge is 2.33. The number of benzene rings is 2. The molecule has 3 amide bonds. The van der Waals surface area contributed by atoms with Crippen molar-refractivity contribution in [2.75, 3.05) is 26.2 Å². The van der Waals surface area contributed by atoms with E-state index in [1.165, 1.54) is 9.80 Å². The number of amides is 3. The Labute approximate surface area is 205 Å². The lowest BCUT2D eigenvalue weighted by molar-refractivity contribution is -0.135. The Hall–Kier alpha value is -4.15. The van der Waals surface area contributed by atoms with Gasteiger partial charge in [-0.15, -0.1) is 0 Å². The van der Waals surface area contributed by atoms with E-state index in [1.54, 1.807) is 38.1 Å². The SMILES string of the molecule is CC(C)[C@H](NC(=O)c1nc2ccccc2[nH]c1=O)C(=O)N1CCN(C(=O)c2ccc(F)cc2F)CC1. The maximum atomic E-state index is 14.0. The summed E-state index contributed by atoms with van der Waals surface area (Å²) in [4.78, 5) is 60.8. The highest BCUT2D eigenvalue weighted by molar-refractivity contribution is 5.97. The number of nitrogens with one attached hydrogen (secondary N) is 2. The van der Waals surface area contributed by atoms with Crippen LogP contribution in [0.1, 0.15) is 34.7 Å². The largest absolute Gasteiger partial charge is 0.338 e. The number of aromatic nitrogens is 2. The zero-order valence-electron chi connectivity index (χ0n) is 19.8. The predicted octanol–water partition coefficient (Wildman–Crippen LogP) is 1.94. The zero-order chi connectivity index (χ0) is 26.0. The first-order chi connectivity index (χ1) is 17.2. The molecule has 36 heavy (non-hydrogen) atoms. The van der Waals surface area contributed by atoms with E-state index in [1.807, 2.05) is 0 Å². The predicted molar refractivity (Wildman–Crippen MR) is 127 cm³/mol. The van der Waals surface area contributed by atoms with Crippen LogP contribution in [0.5, 0.6) is 0 Å². The highest BCUT2D eigenvalue weighted by Crippen LogP contribution is 2.16. The van der Waals surface area contributed by atoms with Gasteiger partial charge in [0.1, 0.15) is 17.7 Å². The molecule has 2 heterocycles. The summed E-state index contributed by atoms with van der Waals surface area (Å²) in [7, 11) is 0. The lowest BCUT2D eigenvalue weighted by Crippen LogP contribution is -2.57. The standard InChI is InChI=1S/C25H25F2N5O4/c1-14(2)20(30-23(34)21-22(33)29-19-6-4-3-5-18(19)28-21)25(36)32-11-9-31(10-12-32)24(35)16-8-7-15(26)13-17(16)27/h3-8,13-14,20H,9-12H2,1-2H3,(H,29,33)(H,30,34)/t20-/m0/s1. The van der Waals surface area contributed by atoms with Gasteiger partial charge < -0.3 is 20.1 Å². The van der Waals surface area contributed by atoms with Crippen LogP contribution >= 0.6 is 0 Å². The van der Waals surface area contributed by atoms with Crippen molar-refractivity contribution < 1.29 is 23.2 Å². The topological polar surface area (TPSA) is 115 Å². The van der Waals surface area contributed by atoms with Crippen molar-refractivity contribution in [3.05, 3.63) is 75.7 Å². The van der Waals surface area contributed by atoms with Crippen LogP contribution in [0.4, 0.5) is 8.78 Å². The summed E-state index contributed by atoms with van der Waals surface area (Å²) in [5, 5.41) is 2.63. The molecule has 1 aliphatic rings. The molecular formula is C25H25F2N5O4. The molecule has 1 saturated heterocycles. The van der Waals surface area contributed by atoms with Gasteiger partial charge in [-0.05, 0) is 30.2 Å². The van der Waals surface area contributed by atoms with Gasteiger partial charge in [0.25, 0.3) is 17.4 Å². The van der Waals surface area contributed by atoms with Crippen molar-refractivity contribution in [2.45, 2.75) is 19.9 Å². The number of halogens is 2. The van der Waals surface area contributed by atoms with Gasteiger partial charge in [-0.3, -0.25) is 19.2 Å². The Kier molecular flexibility index (Phi) is 7.09. The van der Waals surface area contributed by atoms with Gasteiger partial charge >= 0.3 is 0 Å². The summed E-state index contributed by atoms with van der Waals surface area (Å²) in [5.41, 5.74) is -0.321. The lowest BCUT2D eigenvalue weighted by Gasteiger charge is -2.37. The smallest absolute Gasteiger partial charge is 0.280 e. The van der Waals surface area contributed by atoms with Gasteiger partial charge in [0.05, 0.1) is 16.6 Å². The van der Waals surface area contributed by atoms with E-state index in [9.17, 15) is 28.0 Å². The van der Waals surface area contributed by atoms with Crippen LogP contribution in [0, 0.1) is 17.6 Å². The third-order valence-corrected chi connectivity index (χ3v) is 6.07. The molecule has 9 nitrogen and oxygen atoms in total. The number of hydrogen-bond donors (Lipinski definition) is 2. The molecule has 0 aliphatic carbocycles. The summed E-state index contributed by atoms with van der Waals surface area (Å²) >= 11 is 0. The van der Waals surface area contributed by atoms with E-state index in [0.717, 1.165) is 12.1 Å². The number of H-pyrrole nitrogens is 1. The van der Waals surface area contributed by atoms with E-state index in [-0.39, 0.29) is 49.3 Å². The van der Waals surface area contributed by atoms with Crippen molar-refractivity contribution in [3.8, 4) is 0 Å². The van der Waals surface area contributed by atoms with Crippen molar-refractivity contribution in [3.63, 3.8) is 0 Å². The number of carbonyl (C=O) groups is 3. The minimum atomic E-state index is -0.946. The van der Waals surface area contributed by atoms with E-state index < -0.39 is 35.0 Å². The Balaban J connectivity index is 1.43. The molecule has 1 atom stereocenters. The molecule has 1 aliphatic heterocycles. The minimum absolute atomic E-state index is 0.145. The highest BCUT2D eigenvalue weighted by atomic mass is 19.1. The second-order valence-corrected chi connectivity index (χ2v) is 8.87. The second kappa shape index (κ2) is 10.2. The molecule has 1 aromatic heterocycles. The summed E-state index contributed by atoms with van der Waals surface area (Å²) in [6, 6.07) is 8.62. The third kappa shape index (κ3) is 5.09. The van der Waals surface area contributed by atoms with Crippen LogP contribution < -0.4 is 10.9 Å². The first kappa shape index (κ1) is 25.0. The third-order valence-electron chi connectivity index (χ3n) is 6.07. The first-order valence-corrected chi connectivity index (χ1v) is 11.5. The van der Waals surface area contributed by atoms with Gasteiger partial charge in [-0.1, -0.05) is 26.0 Å². The van der Waals surface area contributed by atoms with E-state index >= 15 is 0 Å². The lowest BCUT2D eigenvalue weighted by atomic mass is 10.0. The summed E-state index contributed by atoms with van der Waals surface area (Å²) < 4.78 is 27.2. The molecule has 2 N–H and O–H groups in total. The van der Waals surface area contributed by atoms with Gasteiger partial charge in [0.15, 0.2) is 5.69 Å². The van der Waals surface area contributed by atoms with Crippen LogP contribution in [-0.4, -0.2) is 69.7 Å². The van der Waals surface area contributed by atoms with Crippen molar-refractivity contribution in [1.82, 2.24) is 25.1 Å². The molecule has 0 radical (unpaired) electrons. The number of aromatic amines is 1. The normalized spacial score (nSPS) is 14.7. The monoisotopic (exact) mass is 497 g/mol. The van der Waals surface area contributed by atoms with Crippen LogP contribution in [0.3, 0.4) is 0 Å². The number of fused-ring (bicyclic) bond motifs is 1. The zero-order valence-corrected chi connectivity index (χ0v) is 19.8. The maximum absolute atomic E-state index is 14.0. The number of nitrogens with zero attached hydrogens (tertiary/aromatic N) is 3. The van der Waals surface area contributed by atoms with Crippen LogP contribution in [0.25, 0.3) is 11.0 Å². The molecule has 0 unspecified atom stereocenters. The van der Waals surface area contributed by atoms with Crippen LogP contribution in [-0.2, 0) is 4.79 Å².